The van der Waals surface area contributed by atoms with Gasteiger partial charge in [0.15, 0.2) is 0 Å². The first-order valence-corrected chi connectivity index (χ1v) is 29.6. The van der Waals surface area contributed by atoms with Crippen molar-refractivity contribution in [2.24, 2.45) is 23.7 Å². The van der Waals surface area contributed by atoms with E-state index in [-0.39, 0.29) is 96.6 Å². The Morgan fingerprint density at radius 3 is 2.09 bits per heavy atom. The topological polar surface area (TPSA) is 246 Å². The van der Waals surface area contributed by atoms with E-state index in [1.165, 1.54) is 24.2 Å². The third kappa shape index (κ3) is 16.7. The number of methoxy groups -OCH3 is 2. The average Bonchev–Trinajstić information content (AvgIpc) is 3.88. The molecule has 1 aliphatic carbocycles. The lowest BCUT2D eigenvalue weighted by Gasteiger charge is -2.41. The Bertz CT molecular complexity index is 2290. The van der Waals surface area contributed by atoms with Crippen LogP contribution in [0.1, 0.15) is 150 Å². The largest absolute Gasteiger partial charge is 0.379 e. The second-order valence-electron chi connectivity index (χ2n) is 23.2. The van der Waals surface area contributed by atoms with Crippen molar-refractivity contribution < 1.29 is 57.5 Å². The van der Waals surface area contributed by atoms with Crippen LogP contribution in [0, 0.1) is 23.7 Å². The minimum Gasteiger partial charge on any atom is -0.379 e. The number of hydrogen-bond donors (Lipinski definition) is 5. The van der Waals surface area contributed by atoms with Gasteiger partial charge in [-0.25, -0.2) is 5.06 Å². The highest BCUT2D eigenvalue weighted by Crippen LogP contribution is 2.53. The van der Waals surface area contributed by atoms with Crippen LogP contribution in [0.2, 0.25) is 0 Å². The monoisotopic (exact) mass is 1140 g/mol. The van der Waals surface area contributed by atoms with E-state index in [4.69, 9.17) is 14.3 Å². The Hall–Kier alpha value is -5.16. The van der Waals surface area contributed by atoms with Crippen molar-refractivity contribution in [1.82, 2.24) is 46.1 Å². The number of carbonyl (C=O) groups excluding carboxylic acids is 9. The molecule has 448 valence electrons. The summed E-state index contributed by atoms with van der Waals surface area (Å²) in [6.45, 7) is 15.3. The van der Waals surface area contributed by atoms with Crippen molar-refractivity contribution in [3.8, 4) is 0 Å². The highest BCUT2D eigenvalue weighted by molar-refractivity contribution is 7.81. The van der Waals surface area contributed by atoms with Crippen LogP contribution < -0.4 is 21.5 Å². The third-order valence-electron chi connectivity index (χ3n) is 16.7. The van der Waals surface area contributed by atoms with E-state index in [1.807, 2.05) is 76.8 Å². The van der Waals surface area contributed by atoms with Crippen LogP contribution in [0.4, 0.5) is 0 Å². The zero-order valence-corrected chi connectivity index (χ0v) is 50.2. The normalized spacial score (nSPS) is 22.8. The highest BCUT2D eigenvalue weighted by Gasteiger charge is 2.64. The molecule has 11 atom stereocenters. The number of carbonyl (C=O) groups is 9. The van der Waals surface area contributed by atoms with Crippen molar-refractivity contribution in [2.75, 3.05) is 61.1 Å². The molecule has 1 aromatic carbocycles. The summed E-state index contributed by atoms with van der Waals surface area (Å²) >= 11 is 4.13. The van der Waals surface area contributed by atoms with E-state index in [9.17, 15) is 43.2 Å². The molecule has 0 spiro atoms. The second-order valence-corrected chi connectivity index (χ2v) is 23.8. The van der Waals surface area contributed by atoms with Crippen LogP contribution in [-0.4, -0.2) is 186 Å². The second kappa shape index (κ2) is 30.8. The summed E-state index contributed by atoms with van der Waals surface area (Å²) < 4.78 is 12.2. The fourth-order valence-electron chi connectivity index (χ4n) is 11.9. The maximum atomic E-state index is 14.7. The predicted molar refractivity (Wildman–Crippen MR) is 304 cm³/mol. The number of nitrogens with zero attached hydrogens (tertiary/aromatic N) is 5. The van der Waals surface area contributed by atoms with Crippen molar-refractivity contribution >= 4 is 65.8 Å². The van der Waals surface area contributed by atoms with E-state index < -0.39 is 59.0 Å². The molecule has 9 amide bonds. The number of hydrazine groups is 1. The smallest absolute Gasteiger partial charge is 0.272 e. The molecule has 5 rings (SSSR count). The van der Waals surface area contributed by atoms with Crippen LogP contribution >= 0.6 is 12.6 Å². The molecule has 1 unspecified atom stereocenters. The standard InChI is InChI=1S/C58H93N9O12S/c1-12-38(6)51(43(77-10)33-47(70)65-30-21-25-42(65)52(78-11)39(7)53(72)60-58(57(76)67-31-19-20-32-79-67)35-41(58)40-23-15-13-16-24-40)64(9)56(75)49(36(2)3)59-54(73)50(37(4)5)63(8)28-22-27-46(69)62-61-45(68)26-17-14-18-29-66-48(71)34-44(80)55(66)74/h13,15-16,23-24,36-39,41-44,49-52,80H,12,14,17-22,25-35H2,1-11H3,(H,59,73)(H,60,72)(H,61,68)(H,62,69)/t38-,39+,41+,42-,43+,44?,49-,50-,51-,52+,58-/m0/s1. The molecule has 3 saturated heterocycles. The van der Waals surface area contributed by atoms with Crippen LogP contribution in [0.25, 0.3) is 0 Å². The third-order valence-corrected chi connectivity index (χ3v) is 17.1. The Morgan fingerprint density at radius 2 is 1.51 bits per heavy atom. The van der Waals surface area contributed by atoms with Crippen LogP contribution in [-0.2, 0) is 57.5 Å². The first-order chi connectivity index (χ1) is 38.0. The van der Waals surface area contributed by atoms with Gasteiger partial charge in [0.25, 0.3) is 5.91 Å². The minimum atomic E-state index is -1.17. The molecule has 3 heterocycles. The first kappa shape index (κ1) is 65.6. The van der Waals surface area contributed by atoms with Crippen molar-refractivity contribution in [1.29, 1.82) is 0 Å². The lowest BCUT2D eigenvalue weighted by Crippen LogP contribution is -2.60. The zero-order valence-electron chi connectivity index (χ0n) is 49.3. The number of ether oxygens (including phenoxy) is 2. The summed E-state index contributed by atoms with van der Waals surface area (Å²) in [4.78, 5) is 133. The van der Waals surface area contributed by atoms with E-state index in [1.54, 1.807) is 30.8 Å². The van der Waals surface area contributed by atoms with E-state index in [2.05, 4.69) is 34.1 Å². The minimum absolute atomic E-state index is 0.0570. The number of thiol groups is 1. The molecule has 0 bridgehead atoms. The van der Waals surface area contributed by atoms with Gasteiger partial charge in [0.2, 0.25) is 47.3 Å². The fourth-order valence-corrected chi connectivity index (χ4v) is 12.2. The quantitative estimate of drug-likeness (QED) is 0.0315. The number of hydrogen-bond acceptors (Lipinski definition) is 14. The molecule has 3 aliphatic heterocycles. The Kier molecular flexibility index (Phi) is 25.2. The van der Waals surface area contributed by atoms with Crippen molar-refractivity contribution in [3.63, 3.8) is 0 Å². The predicted octanol–water partition coefficient (Wildman–Crippen LogP) is 4.15. The number of nitrogens with one attached hydrogen (secondary N) is 4. The number of likely N-dealkylation sites (tertiary alicyclic amines) is 2. The summed E-state index contributed by atoms with van der Waals surface area (Å²) in [6.07, 6.45) is 4.97. The van der Waals surface area contributed by atoms with Gasteiger partial charge >= 0.3 is 0 Å². The SMILES string of the molecule is CC[C@H](C)[C@@H]([C@@H](CC(=O)N1CCC[C@H]1[C@H](OC)[C@@H](C)C(=O)N[C@@]1(C(=O)N2CCCCO2)C[C@@H]1c1ccccc1)OC)N(C)C(=O)[C@@H](NC(=O)[C@H](C(C)C)N(C)CCCC(=O)NNC(=O)CCCCCN1C(=O)CC(S)C1=O)C(C)C. The summed E-state index contributed by atoms with van der Waals surface area (Å²) in [7, 11) is 6.56. The van der Waals surface area contributed by atoms with Gasteiger partial charge in [-0.2, -0.15) is 12.6 Å². The molecule has 4 aliphatic rings. The summed E-state index contributed by atoms with van der Waals surface area (Å²) in [5.74, 6) is -4.34. The molecule has 4 fully saturated rings. The number of imide groups is 1. The molecular formula is C58H93N9O12S. The number of benzene rings is 1. The van der Waals surface area contributed by atoms with Gasteiger partial charge in [-0.05, 0) is 88.3 Å². The van der Waals surface area contributed by atoms with Crippen LogP contribution in [0.5, 0.6) is 0 Å². The van der Waals surface area contributed by atoms with Gasteiger partial charge in [0.1, 0.15) is 11.6 Å². The average molecular weight is 1140 g/mol. The molecule has 1 aromatic rings. The summed E-state index contributed by atoms with van der Waals surface area (Å²) in [6, 6.07) is 7.10. The number of amides is 9. The van der Waals surface area contributed by atoms with Gasteiger partial charge < -0.3 is 29.9 Å². The van der Waals surface area contributed by atoms with Gasteiger partial charge in [0.05, 0.1) is 54.5 Å². The molecular weight excluding hydrogens is 1050 g/mol. The maximum absolute atomic E-state index is 14.7. The molecule has 0 aromatic heterocycles. The van der Waals surface area contributed by atoms with Crippen LogP contribution in [0.15, 0.2) is 30.3 Å². The highest BCUT2D eigenvalue weighted by atomic mass is 32.1. The van der Waals surface area contributed by atoms with Gasteiger partial charge in [-0.15, -0.1) is 0 Å². The Balaban J connectivity index is 1.15. The fraction of sp³-hybridized carbons (Fsp3) is 0.741. The molecule has 4 N–H and O–H groups in total. The molecule has 80 heavy (non-hydrogen) atoms. The van der Waals surface area contributed by atoms with E-state index >= 15 is 0 Å². The number of likely N-dealkylation sites (N-methyl/N-ethyl adjacent to an activating group) is 2. The van der Waals surface area contributed by atoms with Crippen molar-refractivity contribution in [3.05, 3.63) is 35.9 Å². The first-order valence-electron chi connectivity index (χ1n) is 29.1. The Morgan fingerprint density at radius 1 is 0.838 bits per heavy atom. The van der Waals surface area contributed by atoms with Crippen LogP contribution in [0.3, 0.4) is 0 Å². The number of unbranched alkanes of at least 4 members (excludes halogenated alkanes) is 2. The number of rotatable bonds is 30. The molecule has 21 nitrogen and oxygen atoms in total. The summed E-state index contributed by atoms with van der Waals surface area (Å²) in [5, 5.41) is 7.02. The lowest BCUT2D eigenvalue weighted by molar-refractivity contribution is -0.200. The van der Waals surface area contributed by atoms with Crippen molar-refractivity contribution in [2.45, 2.75) is 191 Å². The zero-order chi connectivity index (χ0) is 59.0. The van der Waals surface area contributed by atoms with Gasteiger partial charge in [-0.3, -0.25) is 68.6 Å². The number of hydroxylamine groups is 2. The summed E-state index contributed by atoms with van der Waals surface area (Å²) in [5.41, 5.74) is 4.66. The Labute approximate surface area is 479 Å². The maximum Gasteiger partial charge on any atom is 0.272 e. The van der Waals surface area contributed by atoms with Gasteiger partial charge in [0, 0.05) is 66.1 Å². The molecule has 22 heteroatoms. The lowest BCUT2D eigenvalue weighted by atomic mass is 9.89. The van der Waals surface area contributed by atoms with Gasteiger partial charge in [-0.1, -0.05) is 91.6 Å². The molecule has 1 saturated carbocycles. The molecule has 0 radical (unpaired) electrons. The van der Waals surface area contributed by atoms with E-state index in [0.29, 0.717) is 84.2 Å². The van der Waals surface area contributed by atoms with E-state index in [0.717, 1.165) is 18.4 Å².